The van der Waals surface area contributed by atoms with E-state index in [1.54, 1.807) is 12.7 Å². The predicted molar refractivity (Wildman–Crippen MR) is 140 cm³/mol. The largest absolute Gasteiger partial charge is 0.497 e. The number of hydrogen-bond donors (Lipinski definition) is 1. The molecule has 3 fully saturated rings. The van der Waals surface area contributed by atoms with E-state index in [-0.39, 0.29) is 18.2 Å². The van der Waals surface area contributed by atoms with Gasteiger partial charge in [0.15, 0.2) is 0 Å². The highest BCUT2D eigenvalue weighted by molar-refractivity contribution is 6.04. The number of nitrogens with zero attached hydrogens (tertiary/aromatic N) is 1. The monoisotopic (exact) mass is 496 g/mol. The Labute approximate surface area is 216 Å². The fourth-order valence-electron chi connectivity index (χ4n) is 8.12. The molecule has 1 aromatic carbocycles. The molecule has 1 N–H and O–H groups in total. The summed E-state index contributed by atoms with van der Waals surface area (Å²) in [5.74, 6) is 3.12. The van der Waals surface area contributed by atoms with Gasteiger partial charge in [-0.15, -0.1) is 0 Å². The van der Waals surface area contributed by atoms with Crippen molar-refractivity contribution in [1.82, 2.24) is 10.2 Å². The maximum Gasteiger partial charge on any atom is 0.258 e. The van der Waals surface area contributed by atoms with Crippen LogP contribution in [0.25, 0.3) is 0 Å². The fraction of sp³-hybridized carbons (Fsp3) is 0.733. The molecule has 36 heavy (non-hydrogen) atoms. The van der Waals surface area contributed by atoms with Crippen LogP contribution >= 0.6 is 0 Å². The van der Waals surface area contributed by atoms with Crippen molar-refractivity contribution in [3.8, 4) is 5.75 Å². The van der Waals surface area contributed by atoms with Gasteiger partial charge in [-0.1, -0.05) is 25.8 Å². The van der Waals surface area contributed by atoms with Crippen molar-refractivity contribution in [2.45, 2.75) is 95.6 Å². The van der Waals surface area contributed by atoms with Gasteiger partial charge in [0.05, 0.1) is 13.5 Å². The zero-order valence-electron chi connectivity index (χ0n) is 22.4. The Bertz CT molecular complexity index is 964. The van der Waals surface area contributed by atoms with Gasteiger partial charge in [0.25, 0.3) is 5.91 Å². The molecule has 1 heterocycles. The van der Waals surface area contributed by atoms with E-state index in [0.29, 0.717) is 18.0 Å². The van der Waals surface area contributed by atoms with E-state index < -0.39 is 6.10 Å². The second-order valence-electron chi connectivity index (χ2n) is 11.8. The summed E-state index contributed by atoms with van der Waals surface area (Å²) >= 11 is 0. The summed E-state index contributed by atoms with van der Waals surface area (Å²) in [6.45, 7) is 4.17. The first-order valence-electron chi connectivity index (χ1n) is 14.2. The predicted octanol–water partition coefficient (Wildman–Crippen LogP) is 4.84. The number of unbranched alkanes of at least 4 members (excludes halogenated alkanes) is 3. The maximum atomic E-state index is 12.1. The number of imide groups is 1. The van der Waals surface area contributed by atoms with Crippen molar-refractivity contribution >= 4 is 11.8 Å². The summed E-state index contributed by atoms with van der Waals surface area (Å²) in [6, 6.07) is 7.41. The lowest BCUT2D eigenvalue weighted by Gasteiger charge is -2.51. The minimum Gasteiger partial charge on any atom is -0.497 e. The summed E-state index contributed by atoms with van der Waals surface area (Å²) in [5, 5.41) is 3.96. The standard InChI is InChI=1S/C30H44N2O4/c1-30-15-14-23-22-11-9-21(35-2)18-20(22)8-10-24(23)25(30)12-13-27(30)31-16-6-4-5-7-17-32-28(33)19-26(36-3)29(32)34/h9,11,18,23-27,31H,4-8,10,12-17,19H2,1-3H3/t23-,24-,25+,26?,27?,30+/m1/s1. The second kappa shape index (κ2) is 10.8. The van der Waals surface area contributed by atoms with Gasteiger partial charge in [0.1, 0.15) is 11.9 Å². The van der Waals surface area contributed by atoms with E-state index in [4.69, 9.17) is 9.47 Å². The van der Waals surface area contributed by atoms with Gasteiger partial charge in [0, 0.05) is 19.7 Å². The smallest absolute Gasteiger partial charge is 0.258 e. The van der Waals surface area contributed by atoms with E-state index in [2.05, 4.69) is 30.4 Å². The van der Waals surface area contributed by atoms with Crippen LogP contribution in [0, 0.1) is 17.3 Å². The Kier molecular flexibility index (Phi) is 7.73. The van der Waals surface area contributed by atoms with Crippen LogP contribution in [0.4, 0.5) is 0 Å². The molecule has 1 aromatic rings. The SMILES string of the molecule is COc1ccc2c(c1)CC[C@@H]1[C@@H]2CC[C@]2(C)C(NCCCCCCN3C(=O)CC(OC)C3=O)CC[C@@H]12. The summed E-state index contributed by atoms with van der Waals surface area (Å²) in [6.07, 6.45) is 11.7. The number of aryl methyl sites for hydroxylation is 1. The molecule has 2 amide bonds. The van der Waals surface area contributed by atoms with Crippen LogP contribution in [0.1, 0.15) is 88.2 Å². The molecule has 1 saturated heterocycles. The quantitative estimate of drug-likeness (QED) is 0.371. The second-order valence-corrected chi connectivity index (χ2v) is 11.8. The first-order chi connectivity index (χ1) is 17.5. The van der Waals surface area contributed by atoms with Gasteiger partial charge < -0.3 is 14.8 Å². The van der Waals surface area contributed by atoms with Crippen LogP contribution in [0.2, 0.25) is 0 Å². The Morgan fingerprint density at radius 2 is 1.89 bits per heavy atom. The Balaban J connectivity index is 1.06. The minimum atomic E-state index is -0.569. The number of methoxy groups -OCH3 is 2. The molecular weight excluding hydrogens is 452 g/mol. The van der Waals surface area contributed by atoms with Gasteiger partial charge >= 0.3 is 0 Å². The summed E-state index contributed by atoms with van der Waals surface area (Å²) in [4.78, 5) is 25.5. The van der Waals surface area contributed by atoms with Crippen LogP contribution in [-0.2, 0) is 20.7 Å². The highest BCUT2D eigenvalue weighted by Crippen LogP contribution is 2.61. The van der Waals surface area contributed by atoms with Crippen molar-refractivity contribution in [2.75, 3.05) is 27.3 Å². The molecule has 1 aliphatic heterocycles. The molecule has 6 nitrogen and oxygen atoms in total. The first kappa shape index (κ1) is 25.7. The molecule has 5 rings (SSSR count). The van der Waals surface area contributed by atoms with Crippen molar-refractivity contribution in [3.05, 3.63) is 29.3 Å². The van der Waals surface area contributed by atoms with E-state index in [1.807, 2.05) is 0 Å². The number of ether oxygens (including phenoxy) is 2. The van der Waals surface area contributed by atoms with Crippen LogP contribution in [0.15, 0.2) is 18.2 Å². The maximum absolute atomic E-state index is 12.1. The lowest BCUT2D eigenvalue weighted by Crippen LogP contribution is -2.48. The average molecular weight is 497 g/mol. The molecule has 0 spiro atoms. The lowest BCUT2D eigenvalue weighted by molar-refractivity contribution is -0.141. The third-order valence-electron chi connectivity index (χ3n) is 10.1. The topological polar surface area (TPSA) is 67.9 Å². The molecule has 198 valence electrons. The van der Waals surface area contributed by atoms with Crippen molar-refractivity contribution in [1.29, 1.82) is 0 Å². The third kappa shape index (κ3) is 4.71. The van der Waals surface area contributed by atoms with E-state index in [9.17, 15) is 9.59 Å². The zero-order chi connectivity index (χ0) is 25.3. The number of hydrogen-bond acceptors (Lipinski definition) is 5. The average Bonchev–Trinajstić information content (AvgIpc) is 3.37. The van der Waals surface area contributed by atoms with E-state index in [0.717, 1.165) is 55.7 Å². The fourth-order valence-corrected chi connectivity index (χ4v) is 8.12. The first-order valence-corrected chi connectivity index (χ1v) is 14.2. The minimum absolute atomic E-state index is 0.0894. The number of rotatable bonds is 10. The number of nitrogens with one attached hydrogen (secondary N) is 1. The Hall–Kier alpha value is -1.92. The molecule has 2 unspecified atom stereocenters. The summed E-state index contributed by atoms with van der Waals surface area (Å²) < 4.78 is 10.6. The van der Waals surface area contributed by atoms with Gasteiger partial charge in [-0.05, 0) is 104 Å². The summed E-state index contributed by atoms with van der Waals surface area (Å²) in [5.41, 5.74) is 3.53. The molecule has 2 saturated carbocycles. The van der Waals surface area contributed by atoms with Crippen molar-refractivity contribution < 1.29 is 19.1 Å². The van der Waals surface area contributed by atoms with Crippen molar-refractivity contribution in [3.63, 3.8) is 0 Å². The molecule has 0 bridgehead atoms. The Morgan fingerprint density at radius 1 is 1.06 bits per heavy atom. The van der Waals surface area contributed by atoms with E-state index in [1.165, 1.54) is 56.1 Å². The van der Waals surface area contributed by atoms with Gasteiger partial charge in [-0.2, -0.15) is 0 Å². The molecular formula is C30H44N2O4. The number of likely N-dealkylation sites (tertiary alicyclic amines) is 1. The van der Waals surface area contributed by atoms with Gasteiger partial charge in [-0.3, -0.25) is 14.5 Å². The van der Waals surface area contributed by atoms with Crippen LogP contribution in [0.5, 0.6) is 5.75 Å². The number of amides is 2. The number of fused-ring (bicyclic) bond motifs is 5. The molecule has 6 heteroatoms. The lowest BCUT2D eigenvalue weighted by atomic mass is 9.55. The Morgan fingerprint density at radius 3 is 2.67 bits per heavy atom. The number of carbonyl (C=O) groups is 2. The molecule has 3 aliphatic carbocycles. The molecule has 4 aliphatic rings. The third-order valence-corrected chi connectivity index (χ3v) is 10.1. The highest BCUT2D eigenvalue weighted by Gasteiger charge is 2.54. The normalized spacial score (nSPS) is 33.4. The summed E-state index contributed by atoms with van der Waals surface area (Å²) in [7, 11) is 3.26. The number of benzene rings is 1. The molecule has 0 radical (unpaired) electrons. The van der Waals surface area contributed by atoms with E-state index >= 15 is 0 Å². The zero-order valence-corrected chi connectivity index (χ0v) is 22.4. The van der Waals surface area contributed by atoms with Crippen LogP contribution in [-0.4, -0.2) is 56.2 Å². The van der Waals surface area contributed by atoms with Gasteiger partial charge in [0.2, 0.25) is 5.91 Å². The number of carbonyl (C=O) groups excluding carboxylic acids is 2. The van der Waals surface area contributed by atoms with Crippen molar-refractivity contribution in [2.24, 2.45) is 17.3 Å². The molecule has 6 atom stereocenters. The highest BCUT2D eigenvalue weighted by atomic mass is 16.5. The van der Waals surface area contributed by atoms with Gasteiger partial charge in [-0.25, -0.2) is 0 Å². The van der Waals surface area contributed by atoms with Crippen LogP contribution in [0.3, 0.4) is 0 Å². The molecule has 0 aromatic heterocycles. The van der Waals surface area contributed by atoms with Crippen LogP contribution < -0.4 is 10.1 Å².